The molecule has 2 aromatic carbocycles. The van der Waals surface area contributed by atoms with E-state index in [1.807, 2.05) is 61.5 Å². The van der Waals surface area contributed by atoms with Gasteiger partial charge >= 0.3 is 0 Å². The number of fused-ring (bicyclic) bond motifs is 1. The number of benzene rings is 2. The molecule has 2 aromatic heterocycles. The number of nitrogens with one attached hydrogen (secondary N) is 1. The van der Waals surface area contributed by atoms with Crippen LogP contribution in [0.2, 0.25) is 0 Å². The number of Topliss-reactive ketones (excluding diaryl/α,β-unsaturated/α-hetero) is 1. The van der Waals surface area contributed by atoms with Crippen molar-refractivity contribution in [2.45, 2.75) is 6.92 Å². The second-order valence-electron chi connectivity index (χ2n) is 7.12. The minimum absolute atomic E-state index is 0.296. The van der Waals surface area contributed by atoms with E-state index >= 15 is 0 Å². The largest absolute Gasteiger partial charge is 0.497 e. The molecule has 0 unspecified atom stereocenters. The Morgan fingerprint density at radius 3 is 2.39 bits per heavy atom. The summed E-state index contributed by atoms with van der Waals surface area (Å²) >= 11 is 0. The van der Waals surface area contributed by atoms with Crippen molar-refractivity contribution in [2.75, 3.05) is 19.5 Å². The van der Waals surface area contributed by atoms with Crippen molar-refractivity contribution in [3.63, 3.8) is 0 Å². The van der Waals surface area contributed by atoms with Crippen LogP contribution in [0.4, 0.5) is 5.69 Å². The lowest BCUT2D eigenvalue weighted by molar-refractivity contribution is -0.112. The number of aromatic nitrogens is 1. The maximum atomic E-state index is 13.3. The number of pyridine rings is 1. The Hall–Kier alpha value is -4.06. The Morgan fingerprint density at radius 1 is 0.903 bits per heavy atom. The third-order valence-electron chi connectivity index (χ3n) is 5.11. The highest BCUT2D eigenvalue weighted by atomic mass is 16.5. The number of nitrogens with zero attached hydrogens (tertiary/aromatic N) is 1. The molecule has 156 valence electrons. The molecule has 0 fully saturated rings. The molecule has 1 amide bonds. The van der Waals surface area contributed by atoms with Crippen molar-refractivity contribution in [3.05, 3.63) is 84.2 Å². The number of amides is 1. The van der Waals surface area contributed by atoms with E-state index in [1.54, 1.807) is 29.8 Å². The molecule has 1 N–H and O–H groups in total. The van der Waals surface area contributed by atoms with Crippen molar-refractivity contribution in [3.8, 4) is 22.6 Å². The standard InChI is InChI=1S/C25H22N2O4/c1-16-7-12-22(31-3)21(14-16)26-25(29)24(28)23-20(15-18-6-4-5-13-27(18)23)17-8-10-19(30-2)11-9-17/h4-15H,1-3H3,(H,26,29). The number of rotatable bonds is 6. The van der Waals surface area contributed by atoms with Crippen molar-refractivity contribution in [2.24, 2.45) is 0 Å². The summed E-state index contributed by atoms with van der Waals surface area (Å²) in [6.07, 6.45) is 1.77. The van der Waals surface area contributed by atoms with Crippen LogP contribution in [0.5, 0.6) is 11.5 Å². The first-order chi connectivity index (χ1) is 15.0. The molecule has 0 saturated heterocycles. The molecule has 0 spiro atoms. The molecule has 2 heterocycles. The van der Waals surface area contributed by atoms with E-state index in [0.29, 0.717) is 28.4 Å². The van der Waals surface area contributed by atoms with Gasteiger partial charge in [0.1, 0.15) is 17.2 Å². The average Bonchev–Trinajstić information content (AvgIpc) is 3.18. The van der Waals surface area contributed by atoms with Crippen molar-refractivity contribution < 1.29 is 19.1 Å². The Labute approximate surface area is 180 Å². The molecule has 0 bridgehead atoms. The van der Waals surface area contributed by atoms with Crippen molar-refractivity contribution in [1.29, 1.82) is 0 Å². The van der Waals surface area contributed by atoms with Crippen LogP contribution in [0.15, 0.2) is 72.9 Å². The van der Waals surface area contributed by atoms with Gasteiger partial charge in [0.25, 0.3) is 11.7 Å². The number of ether oxygens (including phenoxy) is 2. The fourth-order valence-corrected chi connectivity index (χ4v) is 3.55. The predicted molar refractivity (Wildman–Crippen MR) is 120 cm³/mol. The second kappa shape index (κ2) is 8.36. The van der Waals surface area contributed by atoms with Gasteiger partial charge in [0.15, 0.2) is 0 Å². The van der Waals surface area contributed by atoms with Crippen LogP contribution >= 0.6 is 0 Å². The summed E-state index contributed by atoms with van der Waals surface area (Å²) in [6, 6.07) is 20.3. The summed E-state index contributed by atoms with van der Waals surface area (Å²) in [5, 5.41) is 2.71. The van der Waals surface area contributed by atoms with Crippen LogP contribution in [-0.4, -0.2) is 30.3 Å². The lowest BCUT2D eigenvalue weighted by atomic mass is 10.0. The van der Waals surface area contributed by atoms with Crippen LogP contribution in [0, 0.1) is 6.92 Å². The van der Waals surface area contributed by atoms with Gasteiger partial charge in [0.05, 0.1) is 19.9 Å². The monoisotopic (exact) mass is 414 g/mol. The molecule has 6 nitrogen and oxygen atoms in total. The molecule has 0 aliphatic carbocycles. The second-order valence-corrected chi connectivity index (χ2v) is 7.12. The number of ketones is 1. The van der Waals surface area contributed by atoms with Crippen LogP contribution in [0.1, 0.15) is 16.1 Å². The van der Waals surface area contributed by atoms with Gasteiger partial charge in [0, 0.05) is 17.3 Å². The Bertz CT molecular complexity index is 1270. The van der Waals surface area contributed by atoms with Gasteiger partial charge in [0.2, 0.25) is 0 Å². The third kappa shape index (κ3) is 3.88. The van der Waals surface area contributed by atoms with E-state index in [9.17, 15) is 9.59 Å². The van der Waals surface area contributed by atoms with Gasteiger partial charge in [-0.25, -0.2) is 0 Å². The molecule has 31 heavy (non-hydrogen) atoms. The molecule has 4 rings (SSSR count). The lowest BCUT2D eigenvalue weighted by Gasteiger charge is -2.11. The number of anilines is 1. The molecular weight excluding hydrogens is 392 g/mol. The van der Waals surface area contributed by atoms with Gasteiger partial charge in [-0.2, -0.15) is 0 Å². The Balaban J connectivity index is 1.76. The highest BCUT2D eigenvalue weighted by Gasteiger charge is 2.25. The molecule has 0 aliphatic rings. The molecule has 0 aliphatic heterocycles. The van der Waals surface area contributed by atoms with E-state index in [2.05, 4.69) is 5.32 Å². The zero-order valence-electron chi connectivity index (χ0n) is 17.5. The first kappa shape index (κ1) is 20.2. The van der Waals surface area contributed by atoms with Crippen LogP contribution in [-0.2, 0) is 4.79 Å². The predicted octanol–water partition coefficient (Wildman–Crippen LogP) is 4.75. The maximum absolute atomic E-state index is 13.3. The van der Waals surface area contributed by atoms with Crippen molar-refractivity contribution >= 4 is 22.9 Å². The van der Waals surface area contributed by atoms with Gasteiger partial charge in [-0.3, -0.25) is 9.59 Å². The van der Waals surface area contributed by atoms with Gasteiger partial charge < -0.3 is 19.2 Å². The summed E-state index contributed by atoms with van der Waals surface area (Å²) < 4.78 is 12.3. The molecule has 0 radical (unpaired) electrons. The van der Waals surface area contributed by atoms with Gasteiger partial charge in [-0.05, 0) is 60.5 Å². The summed E-state index contributed by atoms with van der Waals surface area (Å²) in [7, 11) is 3.12. The topological polar surface area (TPSA) is 69.0 Å². The zero-order chi connectivity index (χ0) is 22.0. The number of carbonyl (C=O) groups excluding carboxylic acids is 2. The van der Waals surface area contributed by atoms with Crippen molar-refractivity contribution in [1.82, 2.24) is 4.40 Å². The van der Waals surface area contributed by atoms with Gasteiger partial charge in [-0.1, -0.05) is 24.3 Å². The normalized spacial score (nSPS) is 10.7. The van der Waals surface area contributed by atoms with E-state index in [4.69, 9.17) is 9.47 Å². The van der Waals surface area contributed by atoms with E-state index < -0.39 is 11.7 Å². The average molecular weight is 414 g/mol. The SMILES string of the molecule is COc1ccc(-c2cc3ccccn3c2C(=O)C(=O)Nc2cc(C)ccc2OC)cc1. The smallest absolute Gasteiger partial charge is 0.298 e. The van der Waals surface area contributed by atoms with E-state index in [0.717, 1.165) is 16.6 Å². The van der Waals surface area contributed by atoms with Crippen LogP contribution in [0.25, 0.3) is 16.6 Å². The van der Waals surface area contributed by atoms with E-state index in [1.165, 1.54) is 7.11 Å². The lowest BCUT2D eigenvalue weighted by Crippen LogP contribution is -2.25. The fraction of sp³-hybridized carbons (Fsp3) is 0.120. The summed E-state index contributed by atoms with van der Waals surface area (Å²) in [4.78, 5) is 26.3. The third-order valence-corrected chi connectivity index (χ3v) is 5.11. The number of methoxy groups -OCH3 is 2. The number of aryl methyl sites for hydroxylation is 1. The summed E-state index contributed by atoms with van der Waals surface area (Å²) in [5.41, 5.74) is 3.99. The van der Waals surface area contributed by atoms with Crippen LogP contribution < -0.4 is 14.8 Å². The highest BCUT2D eigenvalue weighted by Crippen LogP contribution is 2.31. The summed E-state index contributed by atoms with van der Waals surface area (Å²) in [5.74, 6) is -0.171. The summed E-state index contributed by atoms with van der Waals surface area (Å²) in [6.45, 7) is 1.90. The molecule has 6 heteroatoms. The molecule has 0 saturated carbocycles. The van der Waals surface area contributed by atoms with Gasteiger partial charge in [-0.15, -0.1) is 0 Å². The minimum atomic E-state index is -0.734. The Morgan fingerprint density at radius 2 is 1.68 bits per heavy atom. The first-order valence-electron chi connectivity index (χ1n) is 9.76. The Kier molecular flexibility index (Phi) is 5.45. The van der Waals surface area contributed by atoms with Crippen LogP contribution in [0.3, 0.4) is 0 Å². The number of carbonyl (C=O) groups is 2. The van der Waals surface area contributed by atoms with E-state index in [-0.39, 0.29) is 0 Å². The quantitative estimate of drug-likeness (QED) is 0.365. The number of hydrogen-bond acceptors (Lipinski definition) is 4. The number of hydrogen-bond donors (Lipinski definition) is 1. The first-order valence-corrected chi connectivity index (χ1v) is 9.76. The fourth-order valence-electron chi connectivity index (χ4n) is 3.55. The minimum Gasteiger partial charge on any atom is -0.497 e. The zero-order valence-corrected chi connectivity index (χ0v) is 17.5. The highest BCUT2D eigenvalue weighted by molar-refractivity contribution is 6.47. The molecule has 4 aromatic rings. The molecule has 0 atom stereocenters. The molecular formula is C25H22N2O4. The maximum Gasteiger partial charge on any atom is 0.298 e.